The Labute approximate surface area is 226 Å². The molecule has 2 fully saturated rings. The number of carbonyl (C=O) groups excluding carboxylic acids is 1. The maximum atomic E-state index is 12.1. The maximum Gasteiger partial charge on any atom is 0.325 e. The zero-order valence-electron chi connectivity index (χ0n) is 21.0. The number of piperazine rings is 1. The summed E-state index contributed by atoms with van der Waals surface area (Å²) in [4.78, 5) is 39.4. The van der Waals surface area contributed by atoms with Gasteiger partial charge in [0.2, 0.25) is 0 Å². The van der Waals surface area contributed by atoms with Crippen LogP contribution in [-0.2, 0) is 4.79 Å². The molecule has 0 spiro atoms. The van der Waals surface area contributed by atoms with Crippen LogP contribution in [0, 0.1) is 0 Å². The number of carbonyl (C=O) groups is 2. The molecule has 4 N–H and O–H groups in total. The lowest BCUT2D eigenvalue weighted by molar-refractivity contribution is -0.144. The summed E-state index contributed by atoms with van der Waals surface area (Å²) in [6.45, 7) is 5.80. The molecule has 1 aromatic carbocycles. The highest BCUT2D eigenvalue weighted by atomic mass is 35.5. The summed E-state index contributed by atoms with van der Waals surface area (Å²) >= 11 is 12.4. The number of anilines is 2. The topological polar surface area (TPSA) is 128 Å². The average Bonchev–Trinajstić information content (AvgIpc) is 2.90. The van der Waals surface area contributed by atoms with E-state index in [1.807, 2.05) is 4.90 Å². The third-order valence-electron chi connectivity index (χ3n) is 7.36. The van der Waals surface area contributed by atoms with Gasteiger partial charge in [0, 0.05) is 56.9 Å². The van der Waals surface area contributed by atoms with Crippen LogP contribution in [0.3, 0.4) is 0 Å². The zero-order valence-corrected chi connectivity index (χ0v) is 22.5. The van der Waals surface area contributed by atoms with Crippen molar-refractivity contribution in [2.24, 2.45) is 0 Å². The normalized spacial score (nSPS) is 20.5. The maximum absolute atomic E-state index is 12.1. The molecule has 1 aromatic heterocycles. The van der Waals surface area contributed by atoms with Gasteiger partial charge in [0.25, 0.3) is 5.91 Å². The fourth-order valence-corrected chi connectivity index (χ4v) is 5.81. The minimum Gasteiger partial charge on any atom is -0.480 e. The highest BCUT2D eigenvalue weighted by Gasteiger charge is 2.37. The predicted octanol–water partition coefficient (Wildman–Crippen LogP) is 2.92. The van der Waals surface area contributed by atoms with Crippen molar-refractivity contribution in [2.45, 2.75) is 44.3 Å². The minimum absolute atomic E-state index is 0.0203. The molecule has 0 radical (unpaired) electrons. The average molecular weight is 550 g/mol. The van der Waals surface area contributed by atoms with Gasteiger partial charge in [-0.1, -0.05) is 42.3 Å². The third kappa shape index (κ3) is 5.93. The number of nitrogens with zero attached hydrogens (tertiary/aromatic N) is 5. The number of carboxylic acid groups (broad SMARTS) is 1. The van der Waals surface area contributed by atoms with E-state index in [4.69, 9.17) is 28.9 Å². The molecule has 12 heteroatoms. The number of carboxylic acids is 1. The molecule has 3 heterocycles. The zero-order chi connectivity index (χ0) is 26.7. The van der Waals surface area contributed by atoms with Crippen molar-refractivity contribution in [3.05, 3.63) is 45.7 Å². The standard InChI is InChI=1S/C25H33Cl2N7O3/c1-3-17-14-33(23-21(27)30-19(22(28)31-23)24(35)29-2)12-13-34(17)18-8-10-32(11-9-18)20(25(36)37)15-4-6-16(26)7-5-15/h4-7,17-18,20H,3,8-14H2,1-2H3,(H2,28,31)(H,29,35)(H,36,37)/t17-,20+/m0/s1. The molecule has 10 nitrogen and oxygen atoms in total. The van der Waals surface area contributed by atoms with E-state index >= 15 is 0 Å². The first-order valence-electron chi connectivity index (χ1n) is 12.5. The molecule has 4 rings (SSSR count). The molecular weight excluding hydrogens is 517 g/mol. The SMILES string of the molecule is CC[C@H]1CN(c2nc(N)c(C(=O)NC)nc2Cl)CCN1C1CCN([C@@H](C(=O)O)c2ccc(Cl)cc2)CC1. The van der Waals surface area contributed by atoms with Crippen molar-refractivity contribution >= 4 is 46.7 Å². The Kier molecular flexibility index (Phi) is 8.74. The summed E-state index contributed by atoms with van der Waals surface area (Å²) in [6.07, 6.45) is 2.72. The van der Waals surface area contributed by atoms with E-state index in [0.29, 0.717) is 43.1 Å². The van der Waals surface area contributed by atoms with Crippen molar-refractivity contribution in [1.29, 1.82) is 0 Å². The van der Waals surface area contributed by atoms with Gasteiger partial charge in [0.1, 0.15) is 6.04 Å². The first-order chi connectivity index (χ1) is 17.7. The van der Waals surface area contributed by atoms with Crippen LogP contribution >= 0.6 is 23.2 Å². The molecule has 2 aliphatic heterocycles. The number of halogens is 2. The predicted molar refractivity (Wildman–Crippen MR) is 144 cm³/mol. The highest BCUT2D eigenvalue weighted by Crippen LogP contribution is 2.32. The van der Waals surface area contributed by atoms with E-state index in [-0.39, 0.29) is 22.7 Å². The fraction of sp³-hybridized carbons (Fsp3) is 0.520. The molecule has 0 bridgehead atoms. The number of aliphatic carboxylic acids is 1. The quantitative estimate of drug-likeness (QED) is 0.477. The van der Waals surface area contributed by atoms with Crippen LogP contribution < -0.4 is 16.0 Å². The van der Waals surface area contributed by atoms with Crippen LogP contribution in [0.25, 0.3) is 0 Å². The monoisotopic (exact) mass is 549 g/mol. The number of likely N-dealkylation sites (tertiary alicyclic amines) is 1. The highest BCUT2D eigenvalue weighted by molar-refractivity contribution is 6.32. The summed E-state index contributed by atoms with van der Waals surface area (Å²) in [5.41, 5.74) is 6.78. The Hall–Kier alpha value is -2.66. The number of benzene rings is 1. The Morgan fingerprint density at radius 1 is 1.14 bits per heavy atom. The van der Waals surface area contributed by atoms with Crippen LogP contribution in [0.5, 0.6) is 0 Å². The molecule has 0 saturated carbocycles. The Morgan fingerprint density at radius 2 is 1.81 bits per heavy atom. The van der Waals surface area contributed by atoms with Crippen LogP contribution in [0.4, 0.5) is 11.6 Å². The third-order valence-corrected chi connectivity index (χ3v) is 7.86. The number of hydrogen-bond acceptors (Lipinski definition) is 8. The van der Waals surface area contributed by atoms with E-state index < -0.39 is 17.9 Å². The number of nitrogens with two attached hydrogens (primary N) is 1. The van der Waals surface area contributed by atoms with E-state index in [1.165, 1.54) is 7.05 Å². The molecular formula is C25H33Cl2N7O3. The molecule has 1 amide bonds. The van der Waals surface area contributed by atoms with Gasteiger partial charge in [-0.3, -0.25) is 19.4 Å². The van der Waals surface area contributed by atoms with Gasteiger partial charge in [-0.05, 0) is 37.0 Å². The van der Waals surface area contributed by atoms with Gasteiger partial charge in [-0.2, -0.15) is 0 Å². The van der Waals surface area contributed by atoms with Crippen molar-refractivity contribution in [3.63, 3.8) is 0 Å². The first-order valence-corrected chi connectivity index (χ1v) is 13.3. The lowest BCUT2D eigenvalue weighted by Gasteiger charge is -2.48. The van der Waals surface area contributed by atoms with Crippen LogP contribution in [-0.4, -0.2) is 88.6 Å². The number of piperidine rings is 1. The van der Waals surface area contributed by atoms with Gasteiger partial charge >= 0.3 is 5.97 Å². The summed E-state index contributed by atoms with van der Waals surface area (Å²) < 4.78 is 0. The van der Waals surface area contributed by atoms with E-state index in [0.717, 1.165) is 31.4 Å². The largest absolute Gasteiger partial charge is 0.480 e. The van der Waals surface area contributed by atoms with E-state index in [2.05, 4.69) is 32.0 Å². The van der Waals surface area contributed by atoms with Gasteiger partial charge in [0.15, 0.2) is 22.5 Å². The minimum atomic E-state index is -0.847. The van der Waals surface area contributed by atoms with Crippen LogP contribution in [0.15, 0.2) is 24.3 Å². The van der Waals surface area contributed by atoms with Crippen LogP contribution in [0.1, 0.15) is 48.3 Å². The number of nitrogen functional groups attached to an aromatic ring is 1. The van der Waals surface area contributed by atoms with Crippen LogP contribution in [0.2, 0.25) is 10.2 Å². The molecule has 200 valence electrons. The van der Waals surface area contributed by atoms with Crippen molar-refractivity contribution in [2.75, 3.05) is 50.4 Å². The fourth-order valence-electron chi connectivity index (χ4n) is 5.44. The van der Waals surface area contributed by atoms with E-state index in [1.54, 1.807) is 24.3 Å². The summed E-state index contributed by atoms with van der Waals surface area (Å²) in [5.74, 6) is -0.731. The molecule has 37 heavy (non-hydrogen) atoms. The lowest BCUT2D eigenvalue weighted by atomic mass is 9.95. The Bertz CT molecular complexity index is 1130. The van der Waals surface area contributed by atoms with Crippen molar-refractivity contribution < 1.29 is 14.7 Å². The molecule has 2 aliphatic rings. The molecule has 0 aliphatic carbocycles. The Morgan fingerprint density at radius 3 is 2.41 bits per heavy atom. The smallest absolute Gasteiger partial charge is 0.325 e. The number of nitrogens with one attached hydrogen (secondary N) is 1. The molecule has 0 unspecified atom stereocenters. The number of aromatic nitrogens is 2. The lowest BCUT2D eigenvalue weighted by Crippen LogP contribution is -2.58. The van der Waals surface area contributed by atoms with Crippen molar-refractivity contribution in [1.82, 2.24) is 25.1 Å². The number of hydrogen-bond donors (Lipinski definition) is 3. The second-order valence-corrected chi connectivity index (χ2v) is 10.3. The first kappa shape index (κ1) is 27.4. The van der Waals surface area contributed by atoms with Gasteiger partial charge in [-0.15, -0.1) is 0 Å². The Balaban J connectivity index is 1.41. The van der Waals surface area contributed by atoms with Gasteiger partial charge in [0.05, 0.1) is 0 Å². The summed E-state index contributed by atoms with van der Waals surface area (Å²) in [5, 5.41) is 13.2. The number of amides is 1. The molecule has 2 aromatic rings. The second-order valence-electron chi connectivity index (χ2n) is 9.46. The molecule has 2 saturated heterocycles. The second kappa shape index (κ2) is 11.8. The summed E-state index contributed by atoms with van der Waals surface area (Å²) in [7, 11) is 1.50. The van der Waals surface area contributed by atoms with Crippen molar-refractivity contribution in [3.8, 4) is 0 Å². The van der Waals surface area contributed by atoms with E-state index in [9.17, 15) is 14.7 Å². The van der Waals surface area contributed by atoms with Gasteiger partial charge in [-0.25, -0.2) is 9.97 Å². The molecule has 2 atom stereocenters. The summed E-state index contributed by atoms with van der Waals surface area (Å²) in [6, 6.07) is 7.02. The van der Waals surface area contributed by atoms with Gasteiger partial charge < -0.3 is 21.1 Å². The number of rotatable bonds is 7.